The summed E-state index contributed by atoms with van der Waals surface area (Å²) in [6.45, 7) is 0. The third-order valence-corrected chi connectivity index (χ3v) is 10.3. The number of rotatable bonds is 6. The molecule has 9 aromatic rings. The van der Waals surface area contributed by atoms with Crippen molar-refractivity contribution in [3.63, 3.8) is 0 Å². The monoisotopic (exact) mass is 662 g/mol. The predicted octanol–water partition coefficient (Wildman–Crippen LogP) is 14.2. The van der Waals surface area contributed by atoms with E-state index < -0.39 is 0 Å². The minimum atomic E-state index is 1.10. The summed E-state index contributed by atoms with van der Waals surface area (Å²) < 4.78 is 0. The van der Waals surface area contributed by atoms with Gasteiger partial charge in [0.2, 0.25) is 0 Å². The molecule has 52 heavy (non-hydrogen) atoms. The van der Waals surface area contributed by atoms with Crippen LogP contribution in [-0.4, -0.2) is 0 Å². The van der Waals surface area contributed by atoms with Crippen molar-refractivity contribution in [1.29, 1.82) is 0 Å². The Kier molecular flexibility index (Phi) is 7.18. The molecule has 0 aromatic heterocycles. The lowest BCUT2D eigenvalue weighted by atomic mass is 9.90. The molecule has 0 unspecified atom stereocenters. The van der Waals surface area contributed by atoms with Crippen LogP contribution in [-0.2, 0) is 0 Å². The zero-order chi connectivity index (χ0) is 34.4. The van der Waals surface area contributed by atoms with E-state index in [1.54, 1.807) is 0 Å². The molecule has 0 saturated heterocycles. The fourth-order valence-electron chi connectivity index (χ4n) is 7.78. The number of hydrogen-bond acceptors (Lipinski definition) is 2. The van der Waals surface area contributed by atoms with Gasteiger partial charge in [-0.3, -0.25) is 0 Å². The second-order valence-corrected chi connectivity index (χ2v) is 13.5. The second kappa shape index (κ2) is 12.5. The molecule has 2 heteroatoms. The average Bonchev–Trinajstić information content (AvgIpc) is 3.22. The number of para-hydroxylation sites is 1. The standard InChI is InChI=1S/C50H34N2/c1-4-12-34(13-5-1)40-29-41(35-14-6-2-7-15-35)31-45(30-40)52(43-18-8-3-9-19-43)44-26-24-36(25-27-44)38-22-23-39-33-49-47(32-42(39)28-38)46-20-10-16-37-17-11-21-48(51-49)50(37)46/h1-33,51H. The number of fused-ring (bicyclic) bond motifs is 3. The van der Waals surface area contributed by atoms with Gasteiger partial charge in [-0.25, -0.2) is 0 Å². The van der Waals surface area contributed by atoms with Gasteiger partial charge < -0.3 is 10.2 Å². The Labute approximate surface area is 303 Å². The summed E-state index contributed by atoms with van der Waals surface area (Å²) in [6.07, 6.45) is 0. The van der Waals surface area contributed by atoms with Gasteiger partial charge in [-0.05, 0) is 122 Å². The summed E-state index contributed by atoms with van der Waals surface area (Å²) in [5.74, 6) is 0. The number of nitrogens with one attached hydrogen (secondary N) is 1. The molecule has 0 saturated carbocycles. The Morgan fingerprint density at radius 3 is 1.58 bits per heavy atom. The van der Waals surface area contributed by atoms with E-state index in [9.17, 15) is 0 Å². The first kappa shape index (κ1) is 30.0. The van der Waals surface area contributed by atoms with Gasteiger partial charge in [-0.15, -0.1) is 0 Å². The molecule has 1 heterocycles. The summed E-state index contributed by atoms with van der Waals surface area (Å²) in [5.41, 5.74) is 15.3. The molecular formula is C50H34N2. The first-order valence-corrected chi connectivity index (χ1v) is 17.8. The maximum atomic E-state index is 3.71. The maximum absolute atomic E-state index is 3.71. The van der Waals surface area contributed by atoms with Crippen molar-refractivity contribution < 1.29 is 0 Å². The fraction of sp³-hybridized carbons (Fsp3) is 0. The van der Waals surface area contributed by atoms with Crippen molar-refractivity contribution in [1.82, 2.24) is 0 Å². The van der Waals surface area contributed by atoms with Crippen LogP contribution >= 0.6 is 0 Å². The Bertz CT molecular complexity index is 2670. The largest absolute Gasteiger partial charge is 0.354 e. The van der Waals surface area contributed by atoms with Crippen molar-refractivity contribution in [3.05, 3.63) is 200 Å². The number of nitrogens with zero attached hydrogens (tertiary/aromatic N) is 1. The Balaban J connectivity index is 1.06. The van der Waals surface area contributed by atoms with Gasteiger partial charge in [0.05, 0.1) is 0 Å². The molecular weight excluding hydrogens is 629 g/mol. The van der Waals surface area contributed by atoms with E-state index >= 15 is 0 Å². The average molecular weight is 663 g/mol. The number of benzene rings is 9. The topological polar surface area (TPSA) is 15.3 Å². The van der Waals surface area contributed by atoms with Crippen molar-refractivity contribution in [2.45, 2.75) is 0 Å². The van der Waals surface area contributed by atoms with Gasteiger partial charge in [0.1, 0.15) is 0 Å². The minimum Gasteiger partial charge on any atom is -0.354 e. The molecule has 0 bridgehead atoms. The number of hydrogen-bond donors (Lipinski definition) is 1. The van der Waals surface area contributed by atoms with E-state index in [0.717, 1.165) is 22.7 Å². The first-order valence-electron chi connectivity index (χ1n) is 17.8. The van der Waals surface area contributed by atoms with Crippen molar-refractivity contribution in [2.75, 3.05) is 10.2 Å². The maximum Gasteiger partial charge on any atom is 0.0473 e. The molecule has 0 spiro atoms. The molecule has 0 aliphatic carbocycles. The van der Waals surface area contributed by atoms with Gasteiger partial charge in [0.25, 0.3) is 0 Å². The fourth-order valence-corrected chi connectivity index (χ4v) is 7.78. The molecule has 2 nitrogen and oxygen atoms in total. The van der Waals surface area contributed by atoms with Crippen LogP contribution in [0.1, 0.15) is 0 Å². The SMILES string of the molecule is c1ccc(-c2cc(-c3ccccc3)cc(N(c3ccccc3)c3ccc(-c4ccc5cc6c(cc5c4)-c4cccc5cccc(c45)N6)cc3)c2)cc1. The lowest BCUT2D eigenvalue weighted by molar-refractivity contribution is 1.28. The molecule has 10 rings (SSSR count). The van der Waals surface area contributed by atoms with Gasteiger partial charge in [-0.1, -0.05) is 133 Å². The second-order valence-electron chi connectivity index (χ2n) is 13.5. The van der Waals surface area contributed by atoms with Crippen LogP contribution in [0.3, 0.4) is 0 Å². The van der Waals surface area contributed by atoms with Gasteiger partial charge in [0, 0.05) is 39.4 Å². The molecule has 1 N–H and O–H groups in total. The van der Waals surface area contributed by atoms with E-state index in [4.69, 9.17) is 0 Å². The van der Waals surface area contributed by atoms with Gasteiger partial charge in [0.15, 0.2) is 0 Å². The quantitative estimate of drug-likeness (QED) is 0.191. The normalized spacial score (nSPS) is 11.6. The smallest absolute Gasteiger partial charge is 0.0473 e. The van der Waals surface area contributed by atoms with Crippen molar-refractivity contribution in [3.8, 4) is 44.5 Å². The summed E-state index contributed by atoms with van der Waals surface area (Å²) >= 11 is 0. The highest BCUT2D eigenvalue weighted by atomic mass is 15.1. The highest BCUT2D eigenvalue weighted by Crippen LogP contribution is 2.46. The van der Waals surface area contributed by atoms with Crippen LogP contribution in [0.5, 0.6) is 0 Å². The lowest BCUT2D eigenvalue weighted by Gasteiger charge is -2.27. The zero-order valence-electron chi connectivity index (χ0n) is 28.5. The van der Waals surface area contributed by atoms with Gasteiger partial charge in [-0.2, -0.15) is 0 Å². The van der Waals surface area contributed by atoms with E-state index in [1.165, 1.54) is 71.7 Å². The molecule has 1 aliphatic heterocycles. The van der Waals surface area contributed by atoms with Crippen molar-refractivity contribution >= 4 is 50.0 Å². The summed E-state index contributed by atoms with van der Waals surface area (Å²) in [6, 6.07) is 72.4. The molecule has 9 aromatic carbocycles. The Morgan fingerprint density at radius 2 is 0.885 bits per heavy atom. The first-order chi connectivity index (χ1) is 25.7. The van der Waals surface area contributed by atoms with E-state index in [-0.39, 0.29) is 0 Å². The zero-order valence-corrected chi connectivity index (χ0v) is 28.5. The van der Waals surface area contributed by atoms with E-state index in [1.807, 2.05) is 0 Å². The van der Waals surface area contributed by atoms with Crippen LogP contribution in [0.2, 0.25) is 0 Å². The molecule has 0 fully saturated rings. The Hall–Kier alpha value is -6.90. The molecule has 1 aliphatic rings. The van der Waals surface area contributed by atoms with E-state index in [2.05, 4.69) is 210 Å². The van der Waals surface area contributed by atoms with Crippen LogP contribution in [0.4, 0.5) is 28.4 Å². The highest BCUT2D eigenvalue weighted by molar-refractivity contribution is 6.13. The van der Waals surface area contributed by atoms with Crippen molar-refractivity contribution in [2.24, 2.45) is 0 Å². The van der Waals surface area contributed by atoms with Crippen LogP contribution in [0, 0.1) is 0 Å². The molecule has 244 valence electrons. The third kappa shape index (κ3) is 5.30. The predicted molar refractivity (Wildman–Crippen MR) is 221 cm³/mol. The highest BCUT2D eigenvalue weighted by Gasteiger charge is 2.19. The molecule has 0 radical (unpaired) electrons. The van der Waals surface area contributed by atoms with Crippen LogP contribution < -0.4 is 10.2 Å². The molecule has 0 atom stereocenters. The third-order valence-electron chi connectivity index (χ3n) is 10.3. The summed E-state index contributed by atoms with van der Waals surface area (Å²) in [5, 5.41) is 8.71. The minimum absolute atomic E-state index is 1.10. The van der Waals surface area contributed by atoms with Gasteiger partial charge >= 0.3 is 0 Å². The number of anilines is 5. The van der Waals surface area contributed by atoms with Crippen LogP contribution in [0.25, 0.3) is 66.1 Å². The summed E-state index contributed by atoms with van der Waals surface area (Å²) in [7, 11) is 0. The Morgan fingerprint density at radius 1 is 0.288 bits per heavy atom. The molecule has 0 amide bonds. The lowest BCUT2D eigenvalue weighted by Crippen LogP contribution is -2.10. The van der Waals surface area contributed by atoms with Crippen LogP contribution in [0.15, 0.2) is 200 Å². The summed E-state index contributed by atoms with van der Waals surface area (Å²) in [4.78, 5) is 2.36. The van der Waals surface area contributed by atoms with E-state index in [0.29, 0.717) is 0 Å².